The first-order chi connectivity index (χ1) is 12.0. The van der Waals surface area contributed by atoms with Gasteiger partial charge < -0.3 is 15.0 Å². The number of amides is 1. The summed E-state index contributed by atoms with van der Waals surface area (Å²) in [6.45, 7) is 2.31. The van der Waals surface area contributed by atoms with Crippen LogP contribution in [0.3, 0.4) is 0 Å². The van der Waals surface area contributed by atoms with Gasteiger partial charge in [-0.25, -0.2) is 4.39 Å². The zero-order valence-electron chi connectivity index (χ0n) is 13.6. The van der Waals surface area contributed by atoms with Crippen molar-refractivity contribution in [3.05, 3.63) is 70.3 Å². The average Bonchev–Trinajstić information content (AvgIpc) is 2.61. The molecule has 2 N–H and O–H groups in total. The summed E-state index contributed by atoms with van der Waals surface area (Å²) in [5.74, 6) is -1.87. The Labute approximate surface area is 143 Å². The lowest BCUT2D eigenvalue weighted by Gasteiger charge is -2.14. The predicted octanol–water partition coefficient (Wildman–Crippen LogP) is 3.51. The maximum Gasteiger partial charge on any atom is 0.267 e. The molecule has 0 saturated heterocycles. The molecule has 5 nitrogen and oxygen atoms in total. The summed E-state index contributed by atoms with van der Waals surface area (Å²) in [7, 11) is 0. The molecule has 6 heteroatoms. The van der Waals surface area contributed by atoms with Crippen molar-refractivity contribution < 1.29 is 14.3 Å². The van der Waals surface area contributed by atoms with Crippen LogP contribution in [0.2, 0.25) is 0 Å². The smallest absolute Gasteiger partial charge is 0.267 e. The Morgan fingerprint density at radius 3 is 2.56 bits per heavy atom. The number of para-hydroxylation sites is 2. The van der Waals surface area contributed by atoms with Gasteiger partial charge in [-0.3, -0.25) is 9.59 Å². The van der Waals surface area contributed by atoms with Crippen LogP contribution in [-0.4, -0.2) is 15.6 Å². The lowest BCUT2D eigenvalue weighted by Crippen LogP contribution is -2.30. The molecule has 3 aromatic rings. The second-order valence-electron chi connectivity index (χ2n) is 5.63. The van der Waals surface area contributed by atoms with Gasteiger partial charge >= 0.3 is 0 Å². The lowest BCUT2D eigenvalue weighted by atomic mass is 10.1. The van der Waals surface area contributed by atoms with Gasteiger partial charge in [-0.05, 0) is 30.7 Å². The van der Waals surface area contributed by atoms with E-state index in [1.165, 1.54) is 22.8 Å². The highest BCUT2D eigenvalue weighted by atomic mass is 19.1. The summed E-state index contributed by atoms with van der Waals surface area (Å²) >= 11 is 0. The number of halogens is 1. The van der Waals surface area contributed by atoms with Crippen LogP contribution in [0.1, 0.15) is 23.7 Å². The van der Waals surface area contributed by atoms with E-state index < -0.39 is 28.6 Å². The minimum atomic E-state index is -0.844. The minimum Gasteiger partial charge on any atom is -0.506 e. The molecular formula is C19H17FN2O3. The molecule has 0 unspecified atom stereocenters. The number of aromatic nitrogens is 1. The third-order valence-corrected chi connectivity index (χ3v) is 3.94. The van der Waals surface area contributed by atoms with E-state index in [4.69, 9.17) is 0 Å². The Morgan fingerprint density at radius 2 is 1.84 bits per heavy atom. The molecule has 0 aliphatic rings. The van der Waals surface area contributed by atoms with Gasteiger partial charge in [0.25, 0.3) is 11.5 Å². The van der Waals surface area contributed by atoms with E-state index in [1.54, 1.807) is 30.3 Å². The zero-order chi connectivity index (χ0) is 18.0. The van der Waals surface area contributed by atoms with Crippen LogP contribution in [0.25, 0.3) is 10.9 Å². The van der Waals surface area contributed by atoms with Crippen LogP contribution >= 0.6 is 0 Å². The lowest BCUT2D eigenvalue weighted by molar-refractivity contribution is 0.102. The van der Waals surface area contributed by atoms with Crippen molar-refractivity contribution in [2.24, 2.45) is 0 Å². The van der Waals surface area contributed by atoms with E-state index in [0.29, 0.717) is 23.9 Å². The standard InChI is InChI=1S/C19H17FN2O3/c1-2-11-22-15-10-6-3-7-12(15)17(23)16(19(22)25)18(24)21-14-9-5-4-8-13(14)20/h3-10,23H,2,11H2,1H3,(H,21,24). The van der Waals surface area contributed by atoms with Crippen LogP contribution < -0.4 is 10.9 Å². The second-order valence-corrected chi connectivity index (χ2v) is 5.63. The van der Waals surface area contributed by atoms with Crippen molar-refractivity contribution in [2.45, 2.75) is 19.9 Å². The van der Waals surface area contributed by atoms with Gasteiger partial charge in [-0.15, -0.1) is 0 Å². The van der Waals surface area contributed by atoms with Crippen LogP contribution in [-0.2, 0) is 6.54 Å². The van der Waals surface area contributed by atoms with Gasteiger partial charge in [-0.2, -0.15) is 0 Å². The van der Waals surface area contributed by atoms with Gasteiger partial charge in [0.05, 0.1) is 11.2 Å². The van der Waals surface area contributed by atoms with E-state index in [1.807, 2.05) is 6.92 Å². The normalized spacial score (nSPS) is 10.8. The molecule has 1 aromatic heterocycles. The molecule has 1 heterocycles. The Morgan fingerprint density at radius 1 is 1.16 bits per heavy atom. The Balaban J connectivity index is 2.17. The van der Waals surface area contributed by atoms with E-state index in [9.17, 15) is 19.1 Å². The maximum atomic E-state index is 13.8. The molecule has 128 valence electrons. The molecule has 0 fully saturated rings. The summed E-state index contributed by atoms with van der Waals surface area (Å²) in [6, 6.07) is 12.5. The molecule has 0 atom stereocenters. The first-order valence-corrected chi connectivity index (χ1v) is 7.95. The predicted molar refractivity (Wildman–Crippen MR) is 94.5 cm³/mol. The fourth-order valence-corrected chi connectivity index (χ4v) is 2.79. The van der Waals surface area contributed by atoms with Crippen LogP contribution in [0.15, 0.2) is 53.3 Å². The minimum absolute atomic E-state index is 0.0542. The molecule has 1 amide bonds. The van der Waals surface area contributed by atoms with Gasteiger partial charge in [0.15, 0.2) is 0 Å². The third-order valence-electron chi connectivity index (χ3n) is 3.94. The Kier molecular flexibility index (Phi) is 4.52. The SMILES string of the molecule is CCCn1c(=O)c(C(=O)Nc2ccccc2F)c(O)c2ccccc21. The van der Waals surface area contributed by atoms with E-state index >= 15 is 0 Å². The number of anilines is 1. The summed E-state index contributed by atoms with van der Waals surface area (Å²) in [5, 5.41) is 13.2. The number of fused-ring (bicyclic) bond motifs is 1. The number of benzene rings is 2. The molecule has 0 saturated carbocycles. The summed E-state index contributed by atoms with van der Waals surface area (Å²) in [4.78, 5) is 25.3. The number of aromatic hydroxyl groups is 1. The first-order valence-electron chi connectivity index (χ1n) is 7.95. The molecule has 0 aliphatic carbocycles. The van der Waals surface area contributed by atoms with E-state index in [-0.39, 0.29) is 5.69 Å². The van der Waals surface area contributed by atoms with Gasteiger partial charge in [0.2, 0.25) is 0 Å². The zero-order valence-corrected chi connectivity index (χ0v) is 13.6. The summed E-state index contributed by atoms with van der Waals surface area (Å²) < 4.78 is 15.2. The number of hydrogen-bond donors (Lipinski definition) is 2. The number of aryl methyl sites for hydroxylation is 1. The topological polar surface area (TPSA) is 71.3 Å². The Bertz CT molecular complexity index is 1010. The molecule has 0 aliphatic heterocycles. The molecule has 2 aromatic carbocycles. The number of pyridine rings is 1. The highest BCUT2D eigenvalue weighted by Crippen LogP contribution is 2.27. The summed E-state index contributed by atoms with van der Waals surface area (Å²) in [5.41, 5.74) is -0.502. The largest absolute Gasteiger partial charge is 0.506 e. The fraction of sp³-hybridized carbons (Fsp3) is 0.158. The van der Waals surface area contributed by atoms with Crippen molar-refractivity contribution in [3.63, 3.8) is 0 Å². The van der Waals surface area contributed by atoms with E-state index in [0.717, 1.165) is 0 Å². The summed E-state index contributed by atoms with van der Waals surface area (Å²) in [6.07, 6.45) is 0.684. The van der Waals surface area contributed by atoms with Crippen LogP contribution in [0, 0.1) is 5.82 Å². The molecule has 0 bridgehead atoms. The number of hydrogen-bond acceptors (Lipinski definition) is 3. The molecule has 0 radical (unpaired) electrons. The van der Waals surface area contributed by atoms with Crippen LogP contribution in [0.5, 0.6) is 5.75 Å². The molecular weight excluding hydrogens is 323 g/mol. The van der Waals surface area contributed by atoms with Crippen LogP contribution in [0.4, 0.5) is 10.1 Å². The van der Waals surface area contributed by atoms with Crippen molar-refractivity contribution in [3.8, 4) is 5.75 Å². The number of nitrogens with zero attached hydrogens (tertiary/aromatic N) is 1. The third kappa shape index (κ3) is 2.98. The Hall–Kier alpha value is -3.15. The number of rotatable bonds is 4. The number of carbonyl (C=O) groups excluding carboxylic acids is 1. The monoisotopic (exact) mass is 340 g/mol. The van der Waals surface area contributed by atoms with Gasteiger partial charge in [-0.1, -0.05) is 31.2 Å². The number of carbonyl (C=O) groups is 1. The number of nitrogens with one attached hydrogen (secondary N) is 1. The van der Waals surface area contributed by atoms with Crippen molar-refractivity contribution in [2.75, 3.05) is 5.32 Å². The quantitative estimate of drug-likeness (QED) is 0.763. The second kappa shape index (κ2) is 6.76. The fourth-order valence-electron chi connectivity index (χ4n) is 2.79. The van der Waals surface area contributed by atoms with Gasteiger partial charge in [0, 0.05) is 11.9 Å². The average molecular weight is 340 g/mol. The first kappa shape index (κ1) is 16.7. The van der Waals surface area contributed by atoms with Crippen molar-refractivity contribution >= 4 is 22.5 Å². The molecule has 25 heavy (non-hydrogen) atoms. The highest BCUT2D eigenvalue weighted by molar-refractivity contribution is 6.09. The maximum absolute atomic E-state index is 13.8. The highest BCUT2D eigenvalue weighted by Gasteiger charge is 2.22. The van der Waals surface area contributed by atoms with E-state index in [2.05, 4.69) is 5.32 Å². The van der Waals surface area contributed by atoms with Crippen molar-refractivity contribution in [1.82, 2.24) is 4.57 Å². The van der Waals surface area contributed by atoms with Crippen molar-refractivity contribution in [1.29, 1.82) is 0 Å². The molecule has 3 rings (SSSR count). The molecule has 0 spiro atoms. The van der Waals surface area contributed by atoms with Gasteiger partial charge in [0.1, 0.15) is 17.1 Å².